The molecule has 1 fully saturated rings. The molecule has 0 unspecified atom stereocenters. The van der Waals surface area contributed by atoms with Crippen LogP contribution in [0.2, 0.25) is 0 Å². The maximum atomic E-state index is 12.8. The molecule has 10 heteroatoms. The fraction of sp³-hybridized carbons (Fsp3) is 0.429. The Morgan fingerprint density at radius 1 is 1.32 bits per heavy atom. The van der Waals surface area contributed by atoms with Crippen molar-refractivity contribution in [3.8, 4) is 11.1 Å². The molecule has 162 valence electrons. The number of hydrogen-bond donors (Lipinski definition) is 3. The van der Waals surface area contributed by atoms with Crippen molar-refractivity contribution in [2.45, 2.75) is 57.2 Å². The van der Waals surface area contributed by atoms with Gasteiger partial charge in [0.15, 0.2) is 0 Å². The summed E-state index contributed by atoms with van der Waals surface area (Å²) in [6.45, 7) is 1.38. The van der Waals surface area contributed by atoms with Gasteiger partial charge in [0.25, 0.3) is 6.43 Å². The van der Waals surface area contributed by atoms with Crippen molar-refractivity contribution in [2.75, 3.05) is 5.32 Å². The Morgan fingerprint density at radius 3 is 2.90 bits per heavy atom. The molecule has 31 heavy (non-hydrogen) atoms. The molecule has 8 nitrogen and oxygen atoms in total. The predicted molar refractivity (Wildman–Crippen MR) is 113 cm³/mol. The van der Waals surface area contributed by atoms with Gasteiger partial charge >= 0.3 is 0 Å². The number of nitrogens with one attached hydrogen (secondary N) is 2. The zero-order chi connectivity index (χ0) is 21.6. The fourth-order valence-corrected chi connectivity index (χ4v) is 4.18. The molecular formula is C21H23F2N7O. The number of H-pyrrole nitrogens is 1. The molecule has 0 amide bonds. The minimum absolute atomic E-state index is 0.233. The molecule has 1 aromatic carbocycles. The molecular weight excluding hydrogens is 404 g/mol. The van der Waals surface area contributed by atoms with Crippen LogP contribution in [0.1, 0.15) is 32.6 Å². The number of nitrogens with zero attached hydrogens (tertiary/aromatic N) is 5. The van der Waals surface area contributed by atoms with Gasteiger partial charge in [-0.25, -0.2) is 18.4 Å². The molecule has 0 radical (unpaired) electrons. The molecule has 0 atom stereocenters. The van der Waals surface area contributed by atoms with Gasteiger partial charge in [-0.05, 0) is 50.3 Å². The van der Waals surface area contributed by atoms with Gasteiger partial charge in [0, 0.05) is 29.4 Å². The maximum absolute atomic E-state index is 12.8. The summed E-state index contributed by atoms with van der Waals surface area (Å²) < 4.78 is 26.9. The van der Waals surface area contributed by atoms with Crippen molar-refractivity contribution >= 4 is 28.0 Å². The summed E-state index contributed by atoms with van der Waals surface area (Å²) in [6, 6.07) is 5.69. The van der Waals surface area contributed by atoms with Crippen molar-refractivity contribution in [1.29, 1.82) is 0 Å². The Hall–Kier alpha value is -3.14. The molecule has 1 aliphatic rings. The number of hydrogen-bond acceptors (Lipinski definition) is 6. The van der Waals surface area contributed by atoms with Gasteiger partial charge in [-0.2, -0.15) is 4.98 Å². The highest BCUT2D eigenvalue weighted by atomic mass is 19.3. The lowest BCUT2D eigenvalue weighted by Crippen LogP contribution is -2.36. The lowest BCUT2D eigenvalue weighted by Gasteiger charge is -2.33. The number of benzene rings is 1. The zero-order valence-electron chi connectivity index (χ0n) is 17.0. The number of rotatable bonds is 5. The van der Waals surface area contributed by atoms with E-state index in [-0.39, 0.29) is 6.04 Å². The van der Waals surface area contributed by atoms with Crippen LogP contribution in [0, 0.1) is 0 Å². The monoisotopic (exact) mass is 427 g/mol. The highest BCUT2D eigenvalue weighted by Crippen LogP contribution is 2.31. The van der Waals surface area contributed by atoms with Crippen LogP contribution < -0.4 is 5.32 Å². The summed E-state index contributed by atoms with van der Waals surface area (Å²) in [7, 11) is 0. The van der Waals surface area contributed by atoms with Crippen LogP contribution in [-0.4, -0.2) is 53.1 Å². The largest absolute Gasteiger partial charge is 0.390 e. The van der Waals surface area contributed by atoms with Crippen molar-refractivity contribution in [2.24, 2.45) is 0 Å². The summed E-state index contributed by atoms with van der Waals surface area (Å²) in [5.74, 6) is 0.544. The van der Waals surface area contributed by atoms with Crippen LogP contribution in [0.4, 0.5) is 14.7 Å². The third-order valence-electron chi connectivity index (χ3n) is 5.96. The number of alkyl halides is 2. The quantitative estimate of drug-likeness (QED) is 0.448. The summed E-state index contributed by atoms with van der Waals surface area (Å²) in [4.78, 5) is 12.2. The van der Waals surface area contributed by atoms with E-state index in [2.05, 4.69) is 30.6 Å². The second kappa shape index (κ2) is 7.52. The predicted octanol–water partition coefficient (Wildman–Crippen LogP) is 3.74. The van der Waals surface area contributed by atoms with Gasteiger partial charge in [0.1, 0.15) is 17.7 Å². The molecule has 0 spiro atoms. The van der Waals surface area contributed by atoms with Crippen molar-refractivity contribution in [3.05, 3.63) is 30.6 Å². The minimum Gasteiger partial charge on any atom is -0.390 e. The molecule has 4 aromatic rings. The number of halogens is 2. The first kappa shape index (κ1) is 19.8. The first-order valence-corrected chi connectivity index (χ1v) is 10.3. The van der Waals surface area contributed by atoms with E-state index in [1.807, 2.05) is 19.2 Å². The summed E-state index contributed by atoms with van der Waals surface area (Å²) in [6.07, 6.45) is 4.32. The molecule has 3 N–H and O–H groups in total. The van der Waals surface area contributed by atoms with E-state index in [0.717, 1.165) is 42.2 Å². The van der Waals surface area contributed by atoms with Crippen molar-refractivity contribution < 1.29 is 13.9 Å². The standard InChI is InChI=1S/C21H23F2N7O/c1-21(31)6-4-13(5-7-21)26-20-25-10-15-14(9-24-19(15)27-20)12-2-3-16-17(8-12)30(29-28-16)11-18(22)23/h2-3,8-10,13,18,31H,4-7,11H2,1H3,(H2,24,25,26,27)/t13-,21-. The van der Waals surface area contributed by atoms with E-state index >= 15 is 0 Å². The molecule has 0 bridgehead atoms. The van der Waals surface area contributed by atoms with E-state index in [1.54, 1.807) is 18.3 Å². The summed E-state index contributed by atoms with van der Waals surface area (Å²) >= 11 is 0. The van der Waals surface area contributed by atoms with Gasteiger partial charge in [-0.3, -0.25) is 0 Å². The van der Waals surface area contributed by atoms with Crippen LogP contribution in [0.3, 0.4) is 0 Å². The second-order valence-electron chi connectivity index (χ2n) is 8.44. The lowest BCUT2D eigenvalue weighted by atomic mass is 9.84. The maximum Gasteiger partial charge on any atom is 0.258 e. The smallest absolute Gasteiger partial charge is 0.258 e. The van der Waals surface area contributed by atoms with Crippen LogP contribution in [0.25, 0.3) is 33.2 Å². The second-order valence-corrected chi connectivity index (χ2v) is 8.44. The average Bonchev–Trinajstić information content (AvgIpc) is 3.33. The lowest BCUT2D eigenvalue weighted by molar-refractivity contribution is 0.0195. The first-order valence-electron chi connectivity index (χ1n) is 10.3. The molecule has 3 aromatic heterocycles. The van der Waals surface area contributed by atoms with Gasteiger partial charge in [0.05, 0.1) is 11.1 Å². The number of aromatic amines is 1. The Balaban J connectivity index is 1.41. The number of aromatic nitrogens is 6. The number of anilines is 1. The third kappa shape index (κ3) is 3.95. The molecule has 5 rings (SSSR count). The summed E-state index contributed by atoms with van der Waals surface area (Å²) in [5, 5.41) is 22.1. The Kier molecular flexibility index (Phi) is 4.81. The molecule has 1 saturated carbocycles. The number of fused-ring (bicyclic) bond motifs is 2. The average molecular weight is 427 g/mol. The van der Waals surface area contributed by atoms with E-state index in [1.165, 1.54) is 4.68 Å². The number of aliphatic hydroxyl groups is 1. The zero-order valence-corrected chi connectivity index (χ0v) is 17.0. The van der Waals surface area contributed by atoms with E-state index < -0.39 is 18.6 Å². The Morgan fingerprint density at radius 2 is 2.13 bits per heavy atom. The molecule has 1 aliphatic carbocycles. The van der Waals surface area contributed by atoms with Gasteiger partial charge < -0.3 is 15.4 Å². The van der Waals surface area contributed by atoms with Crippen LogP contribution in [0.15, 0.2) is 30.6 Å². The van der Waals surface area contributed by atoms with Gasteiger partial charge in [0.2, 0.25) is 5.95 Å². The van der Waals surface area contributed by atoms with Crippen LogP contribution >= 0.6 is 0 Å². The molecule has 0 aliphatic heterocycles. The van der Waals surface area contributed by atoms with Gasteiger partial charge in [-0.1, -0.05) is 11.3 Å². The van der Waals surface area contributed by atoms with Gasteiger partial charge in [-0.15, -0.1) is 5.10 Å². The van der Waals surface area contributed by atoms with E-state index in [4.69, 9.17) is 0 Å². The Labute approximate surface area is 176 Å². The highest BCUT2D eigenvalue weighted by molar-refractivity contribution is 5.95. The third-order valence-corrected chi connectivity index (χ3v) is 5.96. The topological polar surface area (TPSA) is 105 Å². The highest BCUT2D eigenvalue weighted by Gasteiger charge is 2.29. The summed E-state index contributed by atoms with van der Waals surface area (Å²) in [5.41, 5.74) is 2.95. The SMILES string of the molecule is C[C@]1(O)CC[C@H](Nc2ncc3c(-c4ccc5nnn(CC(F)F)c5c4)c[nH]c3n2)CC1. The van der Waals surface area contributed by atoms with E-state index in [0.29, 0.717) is 22.6 Å². The van der Waals surface area contributed by atoms with Crippen LogP contribution in [0.5, 0.6) is 0 Å². The minimum atomic E-state index is -2.50. The normalized spacial score (nSPS) is 21.9. The molecule has 0 saturated heterocycles. The Bertz CT molecular complexity index is 1220. The van der Waals surface area contributed by atoms with Crippen molar-refractivity contribution in [3.63, 3.8) is 0 Å². The van der Waals surface area contributed by atoms with E-state index in [9.17, 15) is 13.9 Å². The first-order chi connectivity index (χ1) is 14.9. The van der Waals surface area contributed by atoms with Crippen molar-refractivity contribution in [1.82, 2.24) is 29.9 Å². The molecule has 3 heterocycles. The fourth-order valence-electron chi connectivity index (χ4n) is 4.18. The van der Waals surface area contributed by atoms with Crippen LogP contribution in [-0.2, 0) is 6.54 Å².